The van der Waals surface area contributed by atoms with E-state index in [0.29, 0.717) is 12.8 Å². The van der Waals surface area contributed by atoms with Gasteiger partial charge < -0.3 is 14.2 Å². The lowest BCUT2D eigenvalue weighted by Gasteiger charge is -2.32. The van der Waals surface area contributed by atoms with Gasteiger partial charge in [0.2, 0.25) is 0 Å². The van der Waals surface area contributed by atoms with Crippen molar-refractivity contribution in [1.29, 1.82) is 0 Å². The lowest BCUT2D eigenvalue weighted by Crippen LogP contribution is -2.55. The van der Waals surface area contributed by atoms with E-state index in [9.17, 15) is 19.2 Å². The van der Waals surface area contributed by atoms with Gasteiger partial charge in [-0.2, -0.15) is 0 Å². The summed E-state index contributed by atoms with van der Waals surface area (Å²) in [6.45, 7) is 10.3. The van der Waals surface area contributed by atoms with Gasteiger partial charge in [0.15, 0.2) is 6.17 Å². The predicted molar refractivity (Wildman–Crippen MR) is 103 cm³/mol. The Bertz CT molecular complexity index is 633. The summed E-state index contributed by atoms with van der Waals surface area (Å²) >= 11 is 0. The van der Waals surface area contributed by atoms with Gasteiger partial charge in [-0.1, -0.05) is 12.8 Å². The van der Waals surface area contributed by atoms with Crippen LogP contribution in [-0.2, 0) is 23.8 Å². The first-order valence-corrected chi connectivity index (χ1v) is 9.91. The van der Waals surface area contributed by atoms with E-state index in [1.807, 2.05) is 0 Å². The second kappa shape index (κ2) is 8.20. The highest BCUT2D eigenvalue weighted by atomic mass is 16.6. The van der Waals surface area contributed by atoms with Crippen LogP contribution in [0.15, 0.2) is 0 Å². The van der Waals surface area contributed by atoms with Crippen LogP contribution in [0.1, 0.15) is 67.2 Å². The largest absolute Gasteiger partial charge is 0.463 e. The maximum Gasteiger partial charge on any atom is 0.412 e. The van der Waals surface area contributed by atoms with Crippen LogP contribution in [0.25, 0.3) is 0 Å². The monoisotopic (exact) mass is 412 g/mol. The summed E-state index contributed by atoms with van der Waals surface area (Å²) < 4.78 is 15.6. The van der Waals surface area contributed by atoms with Crippen LogP contribution >= 0.6 is 0 Å². The molecular weight excluding hydrogens is 380 g/mol. The Kier molecular flexibility index (Phi) is 6.49. The minimum Gasteiger partial charge on any atom is -0.463 e. The number of carbonyl (C=O) groups is 4. The van der Waals surface area contributed by atoms with Crippen LogP contribution in [0.4, 0.5) is 9.59 Å². The summed E-state index contributed by atoms with van der Waals surface area (Å²) in [5.74, 6) is -2.13. The fourth-order valence-electron chi connectivity index (χ4n) is 3.80. The third-order valence-corrected chi connectivity index (χ3v) is 4.77. The SMILES string of the molecule is COC(=O)C(=O)C1N(C(=O)OC(C)(C)C)[C@H]2CCCC[C@@H]2N1C(=O)OC(C)(C)C. The number of rotatable bonds is 2. The Morgan fingerprint density at radius 1 is 0.759 bits per heavy atom. The molecule has 0 aromatic heterocycles. The van der Waals surface area contributed by atoms with Gasteiger partial charge in [-0.15, -0.1) is 0 Å². The molecule has 1 aliphatic heterocycles. The van der Waals surface area contributed by atoms with Crippen molar-refractivity contribution in [2.75, 3.05) is 7.11 Å². The Balaban J connectivity index is 2.51. The molecule has 2 atom stereocenters. The van der Waals surface area contributed by atoms with Gasteiger partial charge in [0.05, 0.1) is 19.2 Å². The summed E-state index contributed by atoms with van der Waals surface area (Å²) in [5.41, 5.74) is -1.61. The number of ether oxygens (including phenoxy) is 3. The van der Waals surface area contributed by atoms with E-state index in [1.165, 1.54) is 9.80 Å². The van der Waals surface area contributed by atoms with Crippen molar-refractivity contribution in [3.05, 3.63) is 0 Å². The van der Waals surface area contributed by atoms with Crippen LogP contribution in [0.2, 0.25) is 0 Å². The minimum atomic E-state index is -1.46. The average Bonchev–Trinajstić information content (AvgIpc) is 2.92. The van der Waals surface area contributed by atoms with Crippen LogP contribution in [0.3, 0.4) is 0 Å². The van der Waals surface area contributed by atoms with E-state index in [-0.39, 0.29) is 0 Å². The topological polar surface area (TPSA) is 102 Å². The number of hydrogen-bond acceptors (Lipinski definition) is 7. The van der Waals surface area contributed by atoms with Crippen LogP contribution in [0, 0.1) is 0 Å². The number of Topliss-reactive ketones (excluding diaryl/α,β-unsaturated/α-hetero) is 1. The average molecular weight is 412 g/mol. The van der Waals surface area contributed by atoms with Gasteiger partial charge >= 0.3 is 18.2 Å². The molecule has 29 heavy (non-hydrogen) atoms. The van der Waals surface area contributed by atoms with Crippen molar-refractivity contribution >= 4 is 23.9 Å². The molecule has 2 rings (SSSR count). The number of ketones is 1. The van der Waals surface area contributed by atoms with Crippen molar-refractivity contribution in [3.8, 4) is 0 Å². The molecule has 1 saturated heterocycles. The van der Waals surface area contributed by atoms with Gasteiger partial charge in [-0.05, 0) is 54.4 Å². The molecule has 0 bridgehead atoms. The molecule has 2 aliphatic rings. The summed E-state index contributed by atoms with van der Waals surface area (Å²) in [5, 5.41) is 0. The van der Waals surface area contributed by atoms with E-state index in [4.69, 9.17) is 9.47 Å². The molecule has 0 aromatic rings. The molecule has 0 spiro atoms. The quantitative estimate of drug-likeness (QED) is 0.390. The van der Waals surface area contributed by atoms with Gasteiger partial charge in [0.25, 0.3) is 5.78 Å². The van der Waals surface area contributed by atoms with Crippen LogP contribution in [-0.4, -0.2) is 70.3 Å². The summed E-state index contributed by atoms with van der Waals surface area (Å²) in [7, 11) is 1.08. The number of hydrogen-bond donors (Lipinski definition) is 0. The third-order valence-electron chi connectivity index (χ3n) is 4.77. The number of fused-ring (bicyclic) bond motifs is 1. The molecule has 1 heterocycles. The van der Waals surface area contributed by atoms with E-state index < -0.39 is 53.4 Å². The Morgan fingerprint density at radius 3 is 1.45 bits per heavy atom. The summed E-state index contributed by atoms with van der Waals surface area (Å²) in [6.07, 6.45) is -0.100. The molecule has 9 heteroatoms. The zero-order chi connectivity index (χ0) is 22.1. The van der Waals surface area contributed by atoms with Crippen molar-refractivity contribution in [2.45, 2.75) is 96.7 Å². The van der Waals surface area contributed by atoms with E-state index >= 15 is 0 Å². The Morgan fingerprint density at radius 2 is 1.14 bits per heavy atom. The van der Waals surface area contributed by atoms with Gasteiger partial charge in [-0.25, -0.2) is 14.4 Å². The molecular formula is C20H32N2O7. The number of methoxy groups -OCH3 is 1. The fourth-order valence-corrected chi connectivity index (χ4v) is 3.80. The van der Waals surface area contributed by atoms with E-state index in [2.05, 4.69) is 4.74 Å². The number of amides is 2. The number of nitrogens with zero attached hydrogens (tertiary/aromatic N) is 2. The first kappa shape index (κ1) is 23.0. The molecule has 164 valence electrons. The highest BCUT2D eigenvalue weighted by Gasteiger charge is 2.57. The Hall–Kier alpha value is -2.32. The van der Waals surface area contributed by atoms with Gasteiger partial charge in [0.1, 0.15) is 11.2 Å². The molecule has 0 N–H and O–H groups in total. The molecule has 2 amide bonds. The van der Waals surface area contributed by atoms with Crippen molar-refractivity contribution in [1.82, 2.24) is 9.80 Å². The second-order valence-corrected chi connectivity index (χ2v) is 9.42. The second-order valence-electron chi connectivity index (χ2n) is 9.42. The molecule has 1 saturated carbocycles. The zero-order valence-corrected chi connectivity index (χ0v) is 18.3. The van der Waals surface area contributed by atoms with Crippen LogP contribution in [0.5, 0.6) is 0 Å². The van der Waals surface area contributed by atoms with E-state index in [1.54, 1.807) is 41.5 Å². The summed E-state index contributed by atoms with van der Waals surface area (Å²) in [4.78, 5) is 53.5. The Labute approximate surface area is 171 Å². The molecule has 0 unspecified atom stereocenters. The van der Waals surface area contributed by atoms with Gasteiger partial charge in [-0.3, -0.25) is 14.6 Å². The third kappa shape index (κ3) is 5.19. The van der Waals surface area contributed by atoms with E-state index in [0.717, 1.165) is 20.0 Å². The zero-order valence-electron chi connectivity index (χ0n) is 18.3. The first-order chi connectivity index (χ1) is 13.3. The highest BCUT2D eigenvalue weighted by Crippen LogP contribution is 2.39. The predicted octanol–water partition coefficient (Wildman–Crippen LogP) is 2.85. The number of carbonyl (C=O) groups excluding carboxylic acids is 4. The molecule has 2 fully saturated rings. The fraction of sp³-hybridized carbons (Fsp3) is 0.800. The van der Waals surface area contributed by atoms with Crippen molar-refractivity contribution < 1.29 is 33.4 Å². The molecule has 9 nitrogen and oxygen atoms in total. The maximum atomic E-state index is 13.0. The van der Waals surface area contributed by atoms with Crippen LogP contribution < -0.4 is 0 Å². The normalized spacial score (nSPS) is 22.7. The standard InChI is InChI=1S/C20H32N2O7/c1-19(2,3)28-17(25)21-12-10-8-9-11-13(12)22(18(26)29-20(4,5)6)15(21)14(23)16(24)27-7/h12-13,15H,8-11H2,1-7H3/t12-,13-/m0/s1. The van der Waals surface area contributed by atoms with Gasteiger partial charge in [0, 0.05) is 0 Å². The highest BCUT2D eigenvalue weighted by molar-refractivity contribution is 6.36. The summed E-state index contributed by atoms with van der Waals surface area (Å²) in [6, 6.07) is -0.880. The molecule has 0 aromatic carbocycles. The number of esters is 1. The van der Waals surface area contributed by atoms with Crippen molar-refractivity contribution in [3.63, 3.8) is 0 Å². The minimum absolute atomic E-state index is 0.440. The lowest BCUT2D eigenvalue weighted by atomic mass is 9.90. The molecule has 0 radical (unpaired) electrons. The first-order valence-electron chi connectivity index (χ1n) is 9.91. The lowest BCUT2D eigenvalue weighted by molar-refractivity contribution is -0.155. The maximum absolute atomic E-state index is 13.0. The smallest absolute Gasteiger partial charge is 0.412 e. The molecule has 1 aliphatic carbocycles. The van der Waals surface area contributed by atoms with Crippen molar-refractivity contribution in [2.24, 2.45) is 0 Å².